The highest BCUT2D eigenvalue weighted by molar-refractivity contribution is 7.97. The van der Waals surface area contributed by atoms with Crippen LogP contribution in [0.15, 0.2) is 0 Å². The third-order valence-corrected chi connectivity index (χ3v) is 2.69. The maximum absolute atomic E-state index is 12.3. The summed E-state index contributed by atoms with van der Waals surface area (Å²) in [4.78, 5) is 10.7. The summed E-state index contributed by atoms with van der Waals surface area (Å²) in [5, 5.41) is 0. The van der Waals surface area contributed by atoms with Crippen LogP contribution in [0, 0.1) is 5.92 Å². The molecule has 1 aliphatic rings. The third kappa shape index (κ3) is 2.62. The van der Waals surface area contributed by atoms with E-state index in [9.17, 15) is 13.6 Å². The molecule has 1 N–H and O–H groups in total. The predicted octanol–water partition coefficient (Wildman–Crippen LogP) is 1.82. The number of hydrogen-bond acceptors (Lipinski definition) is 2. The van der Waals surface area contributed by atoms with E-state index < -0.39 is 11.8 Å². The molecule has 0 spiro atoms. The van der Waals surface area contributed by atoms with E-state index in [-0.39, 0.29) is 12.3 Å². The lowest BCUT2D eigenvalue weighted by molar-refractivity contribution is -0.118. The lowest BCUT2D eigenvalue weighted by Gasteiger charge is -2.00. The Labute approximate surface area is 74.2 Å². The normalized spacial score (nSPS) is 25.1. The van der Waals surface area contributed by atoms with Crippen molar-refractivity contribution < 1.29 is 13.6 Å². The molecule has 2 nitrogen and oxygen atoms in total. The van der Waals surface area contributed by atoms with Crippen molar-refractivity contribution in [3.05, 3.63) is 0 Å². The van der Waals surface area contributed by atoms with Gasteiger partial charge in [0.05, 0.1) is 0 Å². The summed E-state index contributed by atoms with van der Waals surface area (Å²) in [5.41, 5.74) is 0. The molecule has 1 saturated carbocycles. The zero-order chi connectivity index (χ0) is 9.19. The molecule has 0 aromatic heterocycles. The number of rotatable bonds is 4. The Bertz CT molecular complexity index is 186. The molecule has 1 atom stereocenters. The van der Waals surface area contributed by atoms with Crippen LogP contribution in [-0.2, 0) is 4.79 Å². The number of carbonyl (C=O) groups is 1. The highest BCUT2D eigenvalue weighted by atomic mass is 32.2. The number of carbonyl (C=O) groups excluding carboxylic acids is 1. The van der Waals surface area contributed by atoms with E-state index in [0.717, 1.165) is 11.9 Å². The first-order valence-electron chi connectivity index (χ1n) is 3.84. The first kappa shape index (κ1) is 9.77. The van der Waals surface area contributed by atoms with Crippen molar-refractivity contribution in [1.82, 2.24) is 4.72 Å². The van der Waals surface area contributed by atoms with E-state index in [0.29, 0.717) is 12.2 Å². The van der Waals surface area contributed by atoms with Crippen LogP contribution in [0.5, 0.6) is 0 Å². The van der Waals surface area contributed by atoms with Gasteiger partial charge in [0.1, 0.15) is 0 Å². The zero-order valence-electron chi connectivity index (χ0n) is 6.77. The highest BCUT2D eigenvalue weighted by Crippen LogP contribution is 2.49. The van der Waals surface area contributed by atoms with Crippen LogP contribution >= 0.6 is 11.9 Å². The molecular weight excluding hydrogens is 184 g/mol. The minimum atomic E-state index is -2.47. The molecule has 1 aliphatic carbocycles. The summed E-state index contributed by atoms with van der Waals surface area (Å²) in [6.45, 7) is 1.72. The van der Waals surface area contributed by atoms with Gasteiger partial charge in [0, 0.05) is 24.5 Å². The summed E-state index contributed by atoms with van der Waals surface area (Å²) in [7, 11) is 0. The van der Waals surface area contributed by atoms with Gasteiger partial charge in [-0.15, -0.1) is 0 Å². The van der Waals surface area contributed by atoms with Crippen LogP contribution in [0.25, 0.3) is 0 Å². The molecule has 0 bridgehead atoms. The molecule has 70 valence electrons. The average Bonchev–Trinajstić information content (AvgIpc) is 2.59. The van der Waals surface area contributed by atoms with Gasteiger partial charge >= 0.3 is 0 Å². The molecule has 1 rings (SSSR count). The van der Waals surface area contributed by atoms with E-state index in [2.05, 4.69) is 4.72 Å². The second-order valence-corrected chi connectivity index (χ2v) is 3.68. The third-order valence-electron chi connectivity index (χ3n) is 1.75. The largest absolute Gasteiger partial charge is 0.300 e. The first-order chi connectivity index (χ1) is 5.56. The van der Waals surface area contributed by atoms with Crippen LogP contribution in [0.4, 0.5) is 8.78 Å². The van der Waals surface area contributed by atoms with Crippen LogP contribution in [0.1, 0.15) is 19.8 Å². The van der Waals surface area contributed by atoms with Gasteiger partial charge in [-0.25, -0.2) is 8.78 Å². The smallest absolute Gasteiger partial charge is 0.252 e. The topological polar surface area (TPSA) is 29.1 Å². The second kappa shape index (κ2) is 3.60. The Morgan fingerprint density at radius 2 is 2.33 bits per heavy atom. The van der Waals surface area contributed by atoms with Gasteiger partial charge in [-0.1, -0.05) is 6.92 Å². The fourth-order valence-electron chi connectivity index (χ4n) is 0.745. The summed E-state index contributed by atoms with van der Waals surface area (Å²) in [5.74, 6) is -2.79. The van der Waals surface area contributed by atoms with Crippen molar-refractivity contribution in [3.8, 4) is 0 Å². The van der Waals surface area contributed by atoms with Gasteiger partial charge in [0.15, 0.2) is 0 Å². The average molecular weight is 195 g/mol. The van der Waals surface area contributed by atoms with E-state index in [4.69, 9.17) is 0 Å². The SMILES string of the molecule is CCC(=O)NSCC1CC1(F)F. The molecule has 0 heterocycles. The van der Waals surface area contributed by atoms with Gasteiger partial charge in [0.25, 0.3) is 5.92 Å². The van der Waals surface area contributed by atoms with Gasteiger partial charge in [-0.3, -0.25) is 4.79 Å². The molecule has 0 aliphatic heterocycles. The number of halogens is 2. The van der Waals surface area contributed by atoms with Crippen molar-refractivity contribution in [3.63, 3.8) is 0 Å². The summed E-state index contributed by atoms with van der Waals surface area (Å²) in [6.07, 6.45) is 0.371. The Morgan fingerprint density at radius 1 is 1.75 bits per heavy atom. The molecule has 0 aromatic carbocycles. The Hall–Kier alpha value is -0.320. The van der Waals surface area contributed by atoms with Crippen molar-refractivity contribution >= 4 is 17.9 Å². The van der Waals surface area contributed by atoms with Gasteiger partial charge in [0.2, 0.25) is 5.91 Å². The first-order valence-corrected chi connectivity index (χ1v) is 4.83. The molecule has 1 unspecified atom stereocenters. The fraction of sp³-hybridized carbons (Fsp3) is 0.857. The summed E-state index contributed by atoms with van der Waals surface area (Å²) < 4.78 is 27.0. The van der Waals surface area contributed by atoms with Crippen LogP contribution in [-0.4, -0.2) is 17.6 Å². The maximum atomic E-state index is 12.3. The van der Waals surface area contributed by atoms with Crippen LogP contribution in [0.2, 0.25) is 0 Å². The van der Waals surface area contributed by atoms with Crippen LogP contribution in [0.3, 0.4) is 0 Å². The van der Waals surface area contributed by atoms with Crippen molar-refractivity contribution in [2.75, 3.05) is 5.75 Å². The Balaban J connectivity index is 2.01. The van der Waals surface area contributed by atoms with E-state index >= 15 is 0 Å². The molecule has 1 amide bonds. The Kier molecular flexibility index (Phi) is 2.93. The van der Waals surface area contributed by atoms with E-state index in [1.54, 1.807) is 6.92 Å². The van der Waals surface area contributed by atoms with Crippen molar-refractivity contribution in [1.29, 1.82) is 0 Å². The number of hydrogen-bond donors (Lipinski definition) is 1. The molecule has 12 heavy (non-hydrogen) atoms. The van der Waals surface area contributed by atoms with Crippen molar-refractivity contribution in [2.24, 2.45) is 5.92 Å². The lowest BCUT2D eigenvalue weighted by Crippen LogP contribution is -2.15. The van der Waals surface area contributed by atoms with Gasteiger partial charge < -0.3 is 4.72 Å². The molecule has 0 aromatic rings. The quantitative estimate of drug-likeness (QED) is 0.693. The summed E-state index contributed by atoms with van der Waals surface area (Å²) in [6, 6.07) is 0. The van der Waals surface area contributed by atoms with E-state index in [1.807, 2.05) is 0 Å². The second-order valence-electron chi connectivity index (χ2n) is 2.85. The molecular formula is C7H11F2NOS. The fourth-order valence-corrected chi connectivity index (χ4v) is 1.70. The monoisotopic (exact) mass is 195 g/mol. The zero-order valence-corrected chi connectivity index (χ0v) is 7.59. The van der Waals surface area contributed by atoms with E-state index in [1.165, 1.54) is 0 Å². The molecule has 5 heteroatoms. The highest BCUT2D eigenvalue weighted by Gasteiger charge is 2.56. The number of alkyl halides is 2. The summed E-state index contributed by atoms with van der Waals surface area (Å²) >= 11 is 1.08. The molecule has 0 radical (unpaired) electrons. The maximum Gasteiger partial charge on any atom is 0.252 e. The number of nitrogens with one attached hydrogen (secondary N) is 1. The van der Waals surface area contributed by atoms with Crippen molar-refractivity contribution in [2.45, 2.75) is 25.7 Å². The standard InChI is InChI=1S/C7H11F2NOS/c1-2-6(11)10-12-4-5-3-7(5,8)9/h5H,2-4H2,1H3,(H,10,11). The minimum absolute atomic E-state index is 0.0258. The lowest BCUT2D eigenvalue weighted by atomic mass is 10.5. The van der Waals surface area contributed by atoms with Gasteiger partial charge in [-0.05, 0) is 11.9 Å². The minimum Gasteiger partial charge on any atom is -0.300 e. The molecule has 1 fully saturated rings. The molecule has 0 saturated heterocycles. The predicted molar refractivity (Wildman–Crippen MR) is 43.9 cm³/mol. The van der Waals surface area contributed by atoms with Crippen LogP contribution < -0.4 is 4.72 Å². The van der Waals surface area contributed by atoms with Gasteiger partial charge in [-0.2, -0.15) is 0 Å². The Morgan fingerprint density at radius 3 is 2.75 bits per heavy atom. The number of amides is 1.